The Labute approximate surface area is 351 Å². The van der Waals surface area contributed by atoms with Crippen LogP contribution in [0.1, 0.15) is 53.4 Å². The number of rotatable bonds is 7. The predicted molar refractivity (Wildman–Crippen MR) is 221 cm³/mol. The first-order valence-electron chi connectivity index (χ1n) is 17.1. The Kier molecular flexibility index (Phi) is 15.3. The molecule has 2 atom stereocenters. The summed E-state index contributed by atoms with van der Waals surface area (Å²) < 4.78 is 40.6. The molecule has 2 unspecified atom stereocenters. The standard InChI is InChI=1S/C19H17ClFN5O2.C15H12BrClFN3O2.C4H6N2.CH4/c1-11-8-26(10-22-11)17-6-5-15(24-19(17)27-2)18-23-16(9-28-25-18)12-3-4-13(20)14(21)7-12;1-22-15-9(16)3-5-12(20-15)14-19-13(7-23-21-14)8-2-4-10(17)11(18)6-8;1-4-2-5-3-6-4;/h3-8,10,16H,9H2,1-2H3,(H,23,25);2-6,13H,7H2,1H3,(H,19,21);2-3H,1H3,(H,5,6);1H4. The number of halogens is 5. The molecular formula is C39H39BrCl2F2N10O4. The van der Waals surface area contributed by atoms with Crippen molar-refractivity contribution in [2.75, 3.05) is 27.4 Å². The molecule has 0 fully saturated rings. The second kappa shape index (κ2) is 20.3. The van der Waals surface area contributed by atoms with E-state index in [0.29, 0.717) is 45.9 Å². The highest BCUT2D eigenvalue weighted by molar-refractivity contribution is 9.10. The average molecular weight is 901 g/mol. The molecule has 2 aliphatic rings. The summed E-state index contributed by atoms with van der Waals surface area (Å²) in [5.41, 5.74) is 10.7. The van der Waals surface area contributed by atoms with Crippen molar-refractivity contribution >= 4 is 50.8 Å². The molecule has 0 saturated carbocycles. The molecule has 58 heavy (non-hydrogen) atoms. The van der Waals surface area contributed by atoms with Gasteiger partial charge in [0.1, 0.15) is 54.0 Å². The zero-order chi connectivity index (χ0) is 40.5. The molecule has 0 radical (unpaired) electrons. The topological polar surface area (TPSA) is 158 Å². The van der Waals surface area contributed by atoms with Crippen molar-refractivity contribution in [2.45, 2.75) is 33.4 Å². The fourth-order valence-electron chi connectivity index (χ4n) is 5.32. The first-order valence-corrected chi connectivity index (χ1v) is 18.6. The summed E-state index contributed by atoms with van der Waals surface area (Å²) >= 11 is 14.8. The van der Waals surface area contributed by atoms with Crippen LogP contribution < -0.4 is 20.4 Å². The van der Waals surface area contributed by atoms with Crippen LogP contribution in [0.2, 0.25) is 10.0 Å². The molecule has 0 saturated heterocycles. The molecule has 8 rings (SSSR count). The molecule has 3 N–H and O–H groups in total. The molecule has 6 heterocycles. The lowest BCUT2D eigenvalue weighted by Crippen LogP contribution is -2.33. The maximum atomic E-state index is 13.8. The summed E-state index contributed by atoms with van der Waals surface area (Å²) in [7, 11) is 3.08. The van der Waals surface area contributed by atoms with Crippen molar-refractivity contribution in [3.63, 3.8) is 0 Å². The molecule has 14 nitrogen and oxygen atoms in total. The van der Waals surface area contributed by atoms with Crippen LogP contribution in [0.4, 0.5) is 8.78 Å². The third-order valence-corrected chi connectivity index (χ3v) is 9.41. The number of pyridine rings is 2. The molecule has 0 bridgehead atoms. The summed E-state index contributed by atoms with van der Waals surface area (Å²) in [6.45, 7) is 4.40. The van der Waals surface area contributed by atoms with E-state index in [1.807, 2.05) is 30.7 Å². The van der Waals surface area contributed by atoms with Crippen LogP contribution >= 0.6 is 39.1 Å². The van der Waals surface area contributed by atoms with Gasteiger partial charge in [0.2, 0.25) is 11.8 Å². The van der Waals surface area contributed by atoms with Crippen LogP contribution in [-0.2, 0) is 9.68 Å². The molecule has 2 aliphatic heterocycles. The highest BCUT2D eigenvalue weighted by Crippen LogP contribution is 2.28. The number of aromatic amines is 1. The number of aromatic nitrogens is 6. The lowest BCUT2D eigenvalue weighted by Gasteiger charge is -2.22. The number of hydrogen-bond donors (Lipinski definition) is 3. The Hall–Kier alpha value is -5.46. The first-order chi connectivity index (χ1) is 27.5. The van der Waals surface area contributed by atoms with Gasteiger partial charge in [-0.15, -0.1) is 0 Å². The Morgan fingerprint density at radius 2 is 1.34 bits per heavy atom. The van der Waals surface area contributed by atoms with E-state index in [4.69, 9.17) is 42.4 Å². The van der Waals surface area contributed by atoms with Gasteiger partial charge in [-0.1, -0.05) is 42.8 Å². The number of ether oxygens (including phenoxy) is 2. The lowest BCUT2D eigenvalue weighted by molar-refractivity contribution is 0.0620. The summed E-state index contributed by atoms with van der Waals surface area (Å²) in [5, 5.41) is 0.145. The molecule has 2 aromatic carbocycles. The number of benzene rings is 2. The van der Waals surface area contributed by atoms with Crippen molar-refractivity contribution in [3.05, 3.63) is 146 Å². The van der Waals surface area contributed by atoms with Crippen LogP contribution in [0.25, 0.3) is 5.69 Å². The third kappa shape index (κ3) is 10.9. The first kappa shape index (κ1) is 43.7. The molecule has 19 heteroatoms. The van der Waals surface area contributed by atoms with E-state index < -0.39 is 11.6 Å². The number of aryl methyl sites for hydroxylation is 2. The van der Waals surface area contributed by atoms with Gasteiger partial charge in [-0.3, -0.25) is 19.7 Å². The van der Waals surface area contributed by atoms with Crippen LogP contribution in [0.5, 0.6) is 11.8 Å². The van der Waals surface area contributed by atoms with Gasteiger partial charge in [-0.05, 0) is 89.4 Å². The van der Waals surface area contributed by atoms with Gasteiger partial charge in [0, 0.05) is 18.1 Å². The highest BCUT2D eigenvalue weighted by Gasteiger charge is 2.23. The molecule has 0 amide bonds. The minimum absolute atomic E-state index is 0. The van der Waals surface area contributed by atoms with E-state index in [-0.39, 0.29) is 42.8 Å². The Morgan fingerprint density at radius 1 is 0.793 bits per heavy atom. The Bertz CT molecular complexity index is 2380. The zero-order valence-corrected chi connectivity index (χ0v) is 33.9. The van der Waals surface area contributed by atoms with E-state index in [1.165, 1.54) is 31.4 Å². The van der Waals surface area contributed by atoms with E-state index in [9.17, 15) is 8.78 Å². The second-order valence-electron chi connectivity index (χ2n) is 12.2. The van der Waals surface area contributed by atoms with Gasteiger partial charge in [-0.2, -0.15) is 0 Å². The van der Waals surface area contributed by atoms with Gasteiger partial charge in [0.05, 0.1) is 47.1 Å². The normalized spacial score (nSPS) is 15.7. The van der Waals surface area contributed by atoms with E-state index in [1.54, 1.807) is 56.3 Å². The van der Waals surface area contributed by atoms with Gasteiger partial charge >= 0.3 is 0 Å². The predicted octanol–water partition coefficient (Wildman–Crippen LogP) is 8.42. The lowest BCUT2D eigenvalue weighted by atomic mass is 10.1. The Balaban J connectivity index is 0.000000193. The maximum Gasteiger partial charge on any atom is 0.238 e. The van der Waals surface area contributed by atoms with Gasteiger partial charge in [0.15, 0.2) is 11.7 Å². The van der Waals surface area contributed by atoms with Crippen molar-refractivity contribution in [1.29, 1.82) is 0 Å². The van der Waals surface area contributed by atoms with Crippen LogP contribution in [0.3, 0.4) is 0 Å². The quantitative estimate of drug-likeness (QED) is 0.142. The molecule has 0 aliphatic carbocycles. The van der Waals surface area contributed by atoms with Crippen molar-refractivity contribution in [2.24, 2.45) is 9.98 Å². The monoisotopic (exact) mass is 898 g/mol. The zero-order valence-electron chi connectivity index (χ0n) is 30.8. The largest absolute Gasteiger partial charge is 0.480 e. The maximum absolute atomic E-state index is 13.8. The van der Waals surface area contributed by atoms with Crippen molar-refractivity contribution < 1.29 is 27.9 Å². The number of methoxy groups -OCH3 is 2. The number of nitrogens with one attached hydrogen (secondary N) is 3. The van der Waals surface area contributed by atoms with Crippen LogP contribution in [0.15, 0.2) is 100 Å². The summed E-state index contributed by atoms with van der Waals surface area (Å²) in [6, 6.07) is 15.7. The summed E-state index contributed by atoms with van der Waals surface area (Å²) in [6.07, 6.45) is 7.01. The molecule has 304 valence electrons. The van der Waals surface area contributed by atoms with Crippen molar-refractivity contribution in [1.82, 2.24) is 40.4 Å². The number of H-pyrrole nitrogens is 1. The van der Waals surface area contributed by atoms with E-state index >= 15 is 0 Å². The number of aliphatic imine (C=N–C) groups is 2. The Morgan fingerprint density at radius 3 is 1.79 bits per heavy atom. The van der Waals surface area contributed by atoms with E-state index in [2.05, 4.69) is 61.8 Å². The minimum Gasteiger partial charge on any atom is -0.480 e. The number of hydrogen-bond acceptors (Lipinski definition) is 12. The third-order valence-electron chi connectivity index (χ3n) is 8.20. The average Bonchev–Trinajstić information content (AvgIpc) is 3.91. The smallest absolute Gasteiger partial charge is 0.238 e. The SMILES string of the molecule is C.COc1nc(C2=NC(c3ccc(Cl)c(F)c3)CON2)ccc1-n1cnc(C)c1.COc1nc(C2=NC(c3ccc(Cl)c(F)c3)CON2)ccc1Br.Cc1cnc[nH]1. The second-order valence-corrected chi connectivity index (χ2v) is 13.9. The number of nitrogens with zero attached hydrogens (tertiary/aromatic N) is 7. The van der Waals surface area contributed by atoms with Crippen molar-refractivity contribution in [3.8, 4) is 17.4 Å². The number of imidazole rings is 2. The van der Waals surface area contributed by atoms with Crippen LogP contribution in [-0.4, -0.2) is 68.6 Å². The number of hydroxylamine groups is 2. The van der Waals surface area contributed by atoms with Gasteiger partial charge in [-0.25, -0.2) is 39.7 Å². The highest BCUT2D eigenvalue weighted by atomic mass is 79.9. The molecular weight excluding hydrogens is 861 g/mol. The van der Waals surface area contributed by atoms with Gasteiger partial charge < -0.3 is 19.0 Å². The van der Waals surface area contributed by atoms with Crippen LogP contribution in [0, 0.1) is 25.5 Å². The summed E-state index contributed by atoms with van der Waals surface area (Å²) in [5.74, 6) is 0.753. The molecule has 6 aromatic rings. The molecule has 4 aromatic heterocycles. The summed E-state index contributed by atoms with van der Waals surface area (Å²) in [4.78, 5) is 39.7. The fourth-order valence-corrected chi connectivity index (χ4v) is 5.94. The van der Waals surface area contributed by atoms with Gasteiger partial charge in [0.25, 0.3) is 0 Å². The minimum atomic E-state index is -0.491. The fraction of sp³-hybridized carbons (Fsp3) is 0.231. The van der Waals surface area contributed by atoms with E-state index in [0.717, 1.165) is 21.5 Å². The number of amidine groups is 2. The molecule has 0 spiro atoms.